The Hall–Kier alpha value is -0.970. The molecular formula is C13H21NO. The molecule has 1 rings (SSSR count). The Morgan fingerprint density at radius 2 is 2.33 bits per heavy atom. The fourth-order valence-electron chi connectivity index (χ4n) is 2.34. The van der Waals surface area contributed by atoms with Gasteiger partial charge >= 0.3 is 0 Å². The predicted octanol–water partition coefficient (Wildman–Crippen LogP) is 2.34. The van der Waals surface area contributed by atoms with Crippen LogP contribution in [0.4, 0.5) is 0 Å². The zero-order valence-electron chi connectivity index (χ0n) is 9.81. The fraction of sp³-hybridized carbons (Fsp3) is 0.769. The van der Waals surface area contributed by atoms with Gasteiger partial charge in [0.15, 0.2) is 0 Å². The van der Waals surface area contributed by atoms with Gasteiger partial charge in [-0.1, -0.05) is 20.3 Å². The minimum atomic E-state index is 0.177. The van der Waals surface area contributed by atoms with Crippen molar-refractivity contribution in [3.63, 3.8) is 0 Å². The Morgan fingerprint density at radius 3 is 2.87 bits per heavy atom. The first-order valence-corrected chi connectivity index (χ1v) is 5.79. The van der Waals surface area contributed by atoms with Crippen LogP contribution in [0.25, 0.3) is 0 Å². The molecule has 1 aliphatic rings. The molecule has 0 aromatic heterocycles. The number of rotatable bonds is 4. The Kier molecular flexibility index (Phi) is 4.20. The maximum atomic E-state index is 11.9. The van der Waals surface area contributed by atoms with Gasteiger partial charge in [0.25, 0.3) is 0 Å². The van der Waals surface area contributed by atoms with Crippen LogP contribution in [-0.2, 0) is 4.79 Å². The van der Waals surface area contributed by atoms with Crippen LogP contribution in [0.3, 0.4) is 0 Å². The molecule has 1 N–H and O–H groups in total. The molecule has 2 nitrogen and oxygen atoms in total. The lowest BCUT2D eigenvalue weighted by atomic mass is 9.81. The molecule has 1 fully saturated rings. The summed E-state index contributed by atoms with van der Waals surface area (Å²) in [4.78, 5) is 11.9. The van der Waals surface area contributed by atoms with Crippen LogP contribution in [0.1, 0.15) is 46.0 Å². The third-order valence-electron chi connectivity index (χ3n) is 3.37. The Balaban J connectivity index is 2.31. The molecule has 1 unspecified atom stereocenters. The molecule has 0 aromatic rings. The van der Waals surface area contributed by atoms with Gasteiger partial charge in [0.2, 0.25) is 5.91 Å². The number of carbonyl (C=O) groups excluding carboxylic acids is 1. The standard InChI is InChI=1S/C13H21NO/c1-4-5-6-10-14-12(15)11-8-7-9-13(11,2)3/h1,11H,5-10H2,2-3H3,(H,14,15). The van der Waals surface area contributed by atoms with Gasteiger partial charge < -0.3 is 5.32 Å². The minimum absolute atomic E-state index is 0.177. The largest absolute Gasteiger partial charge is 0.356 e. The first kappa shape index (κ1) is 12.1. The molecule has 0 bridgehead atoms. The molecular weight excluding hydrogens is 186 g/mol. The summed E-state index contributed by atoms with van der Waals surface area (Å²) in [6, 6.07) is 0. The summed E-state index contributed by atoms with van der Waals surface area (Å²) in [6.45, 7) is 5.09. The summed E-state index contributed by atoms with van der Waals surface area (Å²) in [5.74, 6) is 2.99. The van der Waals surface area contributed by atoms with Crippen LogP contribution in [0.5, 0.6) is 0 Å². The summed E-state index contributed by atoms with van der Waals surface area (Å²) in [5.41, 5.74) is 0.177. The van der Waals surface area contributed by atoms with Crippen molar-refractivity contribution < 1.29 is 4.79 Å². The maximum Gasteiger partial charge on any atom is 0.223 e. The molecule has 1 aliphatic carbocycles. The summed E-state index contributed by atoms with van der Waals surface area (Å²) >= 11 is 0. The molecule has 1 saturated carbocycles. The van der Waals surface area contributed by atoms with Crippen molar-refractivity contribution >= 4 is 5.91 Å². The topological polar surface area (TPSA) is 29.1 Å². The molecule has 1 amide bonds. The van der Waals surface area contributed by atoms with Crippen LogP contribution < -0.4 is 5.32 Å². The smallest absolute Gasteiger partial charge is 0.223 e. The summed E-state index contributed by atoms with van der Waals surface area (Å²) in [7, 11) is 0. The van der Waals surface area contributed by atoms with Gasteiger partial charge in [0.1, 0.15) is 0 Å². The van der Waals surface area contributed by atoms with Crippen LogP contribution in [0, 0.1) is 23.7 Å². The van der Waals surface area contributed by atoms with Crippen LogP contribution >= 0.6 is 0 Å². The van der Waals surface area contributed by atoms with Crippen molar-refractivity contribution in [1.29, 1.82) is 0 Å². The fourth-order valence-corrected chi connectivity index (χ4v) is 2.34. The Labute approximate surface area is 92.8 Å². The zero-order valence-corrected chi connectivity index (χ0v) is 9.81. The lowest BCUT2D eigenvalue weighted by Gasteiger charge is -2.25. The second-order valence-electron chi connectivity index (χ2n) is 5.03. The number of unbranched alkanes of at least 4 members (excludes halogenated alkanes) is 1. The van der Waals surface area contributed by atoms with Crippen molar-refractivity contribution in [3.05, 3.63) is 0 Å². The van der Waals surface area contributed by atoms with E-state index < -0.39 is 0 Å². The first-order chi connectivity index (χ1) is 7.08. The van der Waals surface area contributed by atoms with E-state index in [1.807, 2.05) is 0 Å². The second-order valence-corrected chi connectivity index (χ2v) is 5.03. The van der Waals surface area contributed by atoms with Crippen LogP contribution in [0.2, 0.25) is 0 Å². The van der Waals surface area contributed by atoms with E-state index in [0.717, 1.165) is 32.2 Å². The van der Waals surface area contributed by atoms with E-state index in [9.17, 15) is 4.79 Å². The average molecular weight is 207 g/mol. The number of terminal acetylenes is 1. The van der Waals surface area contributed by atoms with Gasteiger partial charge in [0.05, 0.1) is 0 Å². The van der Waals surface area contributed by atoms with Crippen molar-refractivity contribution in [2.45, 2.75) is 46.0 Å². The summed E-state index contributed by atoms with van der Waals surface area (Å²) in [6.07, 6.45) is 10.2. The Bertz CT molecular complexity index is 262. The lowest BCUT2D eigenvalue weighted by molar-refractivity contribution is -0.127. The highest BCUT2D eigenvalue weighted by molar-refractivity contribution is 5.79. The molecule has 0 aliphatic heterocycles. The van der Waals surface area contributed by atoms with E-state index in [2.05, 4.69) is 25.1 Å². The third-order valence-corrected chi connectivity index (χ3v) is 3.37. The van der Waals surface area contributed by atoms with Crippen molar-refractivity contribution in [2.75, 3.05) is 6.54 Å². The van der Waals surface area contributed by atoms with Gasteiger partial charge in [-0.05, 0) is 24.7 Å². The normalized spacial score (nSPS) is 23.4. The van der Waals surface area contributed by atoms with Gasteiger partial charge in [-0.3, -0.25) is 4.79 Å². The van der Waals surface area contributed by atoms with Gasteiger partial charge in [-0.25, -0.2) is 0 Å². The van der Waals surface area contributed by atoms with E-state index in [-0.39, 0.29) is 17.2 Å². The predicted molar refractivity (Wildman–Crippen MR) is 62.2 cm³/mol. The SMILES string of the molecule is C#CCCCNC(=O)C1CCCC1(C)C. The number of hydrogen-bond acceptors (Lipinski definition) is 1. The van der Waals surface area contributed by atoms with E-state index >= 15 is 0 Å². The average Bonchev–Trinajstić information content (AvgIpc) is 2.52. The second kappa shape index (κ2) is 5.21. The first-order valence-electron chi connectivity index (χ1n) is 5.79. The van der Waals surface area contributed by atoms with Gasteiger partial charge in [-0.15, -0.1) is 12.3 Å². The van der Waals surface area contributed by atoms with Crippen molar-refractivity contribution in [1.82, 2.24) is 5.32 Å². The summed E-state index contributed by atoms with van der Waals surface area (Å²) in [5, 5.41) is 2.98. The molecule has 0 saturated heterocycles. The monoisotopic (exact) mass is 207 g/mol. The molecule has 0 spiro atoms. The molecule has 0 radical (unpaired) electrons. The van der Waals surface area contributed by atoms with E-state index in [0.29, 0.717) is 0 Å². The highest BCUT2D eigenvalue weighted by atomic mass is 16.1. The molecule has 84 valence electrons. The number of amides is 1. The molecule has 0 heterocycles. The van der Waals surface area contributed by atoms with Gasteiger partial charge in [-0.2, -0.15) is 0 Å². The summed E-state index contributed by atoms with van der Waals surface area (Å²) < 4.78 is 0. The van der Waals surface area contributed by atoms with Crippen molar-refractivity contribution in [2.24, 2.45) is 11.3 Å². The van der Waals surface area contributed by atoms with E-state index in [1.54, 1.807) is 0 Å². The Morgan fingerprint density at radius 1 is 1.60 bits per heavy atom. The van der Waals surface area contributed by atoms with E-state index in [1.165, 1.54) is 6.42 Å². The van der Waals surface area contributed by atoms with Crippen LogP contribution in [0.15, 0.2) is 0 Å². The number of nitrogens with one attached hydrogen (secondary N) is 1. The quantitative estimate of drug-likeness (QED) is 0.556. The van der Waals surface area contributed by atoms with Crippen molar-refractivity contribution in [3.8, 4) is 12.3 Å². The maximum absolute atomic E-state index is 11.9. The number of hydrogen-bond donors (Lipinski definition) is 1. The minimum Gasteiger partial charge on any atom is -0.356 e. The highest BCUT2D eigenvalue weighted by Crippen LogP contribution is 2.42. The molecule has 15 heavy (non-hydrogen) atoms. The third kappa shape index (κ3) is 3.27. The molecule has 1 atom stereocenters. The van der Waals surface area contributed by atoms with E-state index in [4.69, 9.17) is 6.42 Å². The zero-order chi connectivity index (χ0) is 11.3. The molecule has 0 aromatic carbocycles. The lowest BCUT2D eigenvalue weighted by Crippen LogP contribution is -2.36. The van der Waals surface area contributed by atoms with Gasteiger partial charge in [0, 0.05) is 18.9 Å². The van der Waals surface area contributed by atoms with Crippen LogP contribution in [-0.4, -0.2) is 12.5 Å². The molecule has 2 heteroatoms. The number of carbonyl (C=O) groups is 1. The highest BCUT2D eigenvalue weighted by Gasteiger charge is 2.38.